The van der Waals surface area contributed by atoms with Crippen LogP contribution in [0.3, 0.4) is 0 Å². The monoisotopic (exact) mass is 2280 g/mol. The van der Waals surface area contributed by atoms with Crippen LogP contribution in [0.25, 0.3) is 0 Å². The van der Waals surface area contributed by atoms with E-state index in [1.807, 2.05) is 24.3 Å². The quantitative estimate of drug-likeness (QED) is 0.0256. The number of ether oxygens (including phenoxy) is 3. The van der Waals surface area contributed by atoms with Crippen LogP contribution in [-0.2, 0) is 54.9 Å². The van der Waals surface area contributed by atoms with Crippen LogP contribution in [0.2, 0.25) is 0 Å². The number of non-ortho nitro benzene ring substituents is 1. The van der Waals surface area contributed by atoms with E-state index in [9.17, 15) is 29.3 Å². The van der Waals surface area contributed by atoms with Crippen molar-refractivity contribution < 1.29 is 78.9 Å². The van der Waals surface area contributed by atoms with Crippen LogP contribution in [-0.4, -0.2) is 100.0 Å². The predicted molar refractivity (Wildman–Crippen MR) is 579 cm³/mol. The van der Waals surface area contributed by atoms with Gasteiger partial charge in [-0.2, -0.15) is 20.0 Å². The zero-order chi connectivity index (χ0) is 102. The first-order chi connectivity index (χ1) is 66.2. The van der Waals surface area contributed by atoms with Gasteiger partial charge in [0, 0.05) is 73.4 Å². The molecule has 6 aliphatic heterocycles. The summed E-state index contributed by atoms with van der Waals surface area (Å²) in [5.74, 6) is 4.33. The molecule has 3 atom stereocenters. The van der Waals surface area contributed by atoms with Crippen molar-refractivity contribution >= 4 is 152 Å². The summed E-state index contributed by atoms with van der Waals surface area (Å²) in [6.45, 7) is 68.3. The Labute approximate surface area is 869 Å². The number of nitrogens with one attached hydrogen (secondary N) is 2. The standard InChI is InChI=1S/2C27H39N2.C21H27N2.C17H12N2O5.2C10H9NO2.6ClH.3Ru/c2*1-18(2)22-11-9-12-23(19(3)4)26(22)28-15-16-29(17-28)27-24(20(5)6)13-10-14-25(27)21(7)8;1-14-9-16(3)20(17(4)10-14)22-7-8-23(13-22)21-18(5)11-15(2)12-19(21)6;1-10-4-3-5-14-15(10)24-11(2)16(20)18(14)17(21)12-6-8-13(9-7-12)19(22)23;2*1-6-4-3-5-8-9(6)13-7(2)10(12)11-8;;;;;;;;;/h2*9-14,17-21H,15-16H2,1-8H3;9-13H,7-8H2,1-6H3;1,3-9,11H,2H3;2*1,3-5,7H,2H3,(H,11,12);6*1H;;;/q3*-1;;;;;;;;;;3*+2/p-6. The Morgan fingerprint density at radius 3 is 0.886 bits per heavy atom. The number of benzene rings is 10. The second kappa shape index (κ2) is 50.1. The van der Waals surface area contributed by atoms with Crippen LogP contribution in [0, 0.1) is 71.7 Å². The maximum Gasteiger partial charge on any atom is 0.0146 e. The minimum absolute atomic E-state index is 0.143. The van der Waals surface area contributed by atoms with Crippen molar-refractivity contribution in [2.24, 2.45) is 0 Å². The van der Waals surface area contributed by atoms with Gasteiger partial charge in [-0.15, -0.1) is 0 Å². The van der Waals surface area contributed by atoms with E-state index in [0.29, 0.717) is 81.5 Å². The number of nitro groups is 1. The third kappa shape index (κ3) is 27.4. The Morgan fingerprint density at radius 2 is 0.621 bits per heavy atom. The van der Waals surface area contributed by atoms with Crippen LogP contribution in [0.4, 0.5) is 56.9 Å². The number of nitrogens with zero attached hydrogens (tertiary/aromatic N) is 8. The van der Waals surface area contributed by atoms with Crippen LogP contribution < -0.4 is 59.1 Å². The Bertz CT molecular complexity index is 5670. The smallest absolute Gasteiger partial charge is 0.0146 e. The molecule has 28 heteroatoms. The maximum absolute atomic E-state index is 13.0. The third-order valence-electron chi connectivity index (χ3n) is 25.1. The fourth-order valence-corrected chi connectivity index (χ4v) is 23.9. The molecule has 0 spiro atoms. The summed E-state index contributed by atoms with van der Waals surface area (Å²) in [7, 11) is 35.2. The van der Waals surface area contributed by atoms with Gasteiger partial charge in [-0.3, -0.25) is 0 Å². The molecule has 0 aliphatic carbocycles. The van der Waals surface area contributed by atoms with E-state index < -0.39 is 75.6 Å². The number of carbonyl (C=O) groups is 4. The number of halogens is 6. The molecule has 3 fully saturated rings. The largest absolute Gasteiger partial charge is 0.502 e. The zero-order valence-corrected chi connectivity index (χ0v) is 94.6. The summed E-state index contributed by atoms with van der Waals surface area (Å²) in [6, 6.07) is 57.5. The van der Waals surface area contributed by atoms with Crippen molar-refractivity contribution in [1.82, 2.24) is 0 Å². The van der Waals surface area contributed by atoms with Gasteiger partial charge in [0.2, 0.25) is 0 Å². The SMILES string of the molecule is CC(C)c1cccc(C(C)C)c1N1[CH-]N(c2c(C(C)C)cccc2C(C)C)CC1.CC(C)c1cccc(C(C)C)c1N1[CH-]N(c2c(C(C)C)cccc2C(C)C)CC1.CC1Oc2c([CH]=[Ru]([Cl])[Cl])cccc2N(C(=O)c2ccc([N+](=O)[O-])cc2)C1=O.CC1Oc2c([CH]=[Ru]([Cl])[Cl])cccc2NC1=O.CC1Oc2c([CH]=[Ru]([Cl])[Cl])cccc2NC1=O.Cc1cc(C)c(N2[CH-]N(c3c(C)cc(C)cc3C)CC2)c(C)c1. The second-order valence-corrected chi connectivity index (χ2v) is 55.7. The minimum atomic E-state index is -2.16. The van der Waals surface area contributed by atoms with Crippen molar-refractivity contribution in [1.29, 1.82) is 0 Å². The normalized spacial score (nSPS) is 16.1. The van der Waals surface area contributed by atoms with E-state index in [1.165, 1.54) is 143 Å². The molecule has 0 saturated carbocycles. The summed E-state index contributed by atoms with van der Waals surface area (Å²) in [6.07, 6.45) is -1.87. The van der Waals surface area contributed by atoms with E-state index in [-0.39, 0.29) is 28.8 Å². The Hall–Kier alpha value is -8.90. The number of amides is 4. The minimum Gasteiger partial charge on any atom is -0.502 e. The number of rotatable bonds is 19. The molecule has 140 heavy (non-hydrogen) atoms. The second-order valence-electron chi connectivity index (χ2n) is 38.5. The molecule has 756 valence electrons. The van der Waals surface area contributed by atoms with E-state index in [4.69, 9.17) is 72.4 Å². The molecule has 16 rings (SSSR count). The van der Waals surface area contributed by atoms with Gasteiger partial charge in [-0.25, -0.2) is 0 Å². The Balaban J connectivity index is 0.000000163. The average molecular weight is 2280 g/mol. The summed E-state index contributed by atoms with van der Waals surface area (Å²) < 4.78 is 22.0. The molecule has 3 saturated heterocycles. The molecule has 10 aromatic rings. The number of para-hydroxylation sites is 7. The molecule has 6 heterocycles. The van der Waals surface area contributed by atoms with Crippen molar-refractivity contribution in [2.75, 3.05) is 84.2 Å². The number of carbonyl (C=O) groups excluding carboxylic acids is 4. The van der Waals surface area contributed by atoms with Crippen LogP contribution in [0.1, 0.15) is 284 Å². The maximum atomic E-state index is 13.0. The van der Waals surface area contributed by atoms with Gasteiger partial charge in [0.25, 0.3) is 0 Å². The molecule has 6 aliphatic rings. The van der Waals surface area contributed by atoms with E-state index in [0.717, 1.165) is 55.3 Å². The van der Waals surface area contributed by atoms with Crippen molar-refractivity contribution in [3.63, 3.8) is 0 Å². The molecule has 10 aromatic carbocycles. The molecular formula is C112H135Cl6N10O9Ru3-3. The van der Waals surface area contributed by atoms with Gasteiger partial charge in [0.05, 0.1) is 0 Å². The van der Waals surface area contributed by atoms with E-state index >= 15 is 0 Å². The third-order valence-corrected chi connectivity index (χ3v) is 30.6. The first-order valence-corrected chi connectivity index (χ1v) is 64.1. The number of fused-ring (bicyclic) bond motifs is 3. The van der Waals surface area contributed by atoms with Crippen LogP contribution in [0.5, 0.6) is 17.2 Å². The predicted octanol–water partition coefficient (Wildman–Crippen LogP) is 28.8. The number of imide groups is 1. The average Bonchev–Trinajstić information content (AvgIpc) is 0.872. The number of hydrogen-bond acceptors (Lipinski definition) is 15. The van der Waals surface area contributed by atoms with Gasteiger partial charge >= 0.3 is 380 Å². The summed E-state index contributed by atoms with van der Waals surface area (Å²) in [4.78, 5) is 74.5. The molecule has 0 bridgehead atoms. The molecule has 0 aromatic heterocycles. The van der Waals surface area contributed by atoms with Gasteiger partial charge in [-0.1, -0.05) is 219 Å². The fraction of sp³-hybridized carbons (Fsp3) is 0.375. The van der Waals surface area contributed by atoms with Crippen LogP contribution in [0.15, 0.2) is 176 Å². The summed E-state index contributed by atoms with van der Waals surface area (Å²) in [5.41, 5.74) is 32.1. The van der Waals surface area contributed by atoms with Crippen molar-refractivity contribution in [3.8, 4) is 17.2 Å². The molecule has 3 unspecified atom stereocenters. The molecule has 2 N–H and O–H groups in total. The summed E-state index contributed by atoms with van der Waals surface area (Å²) in [5, 5.41) is 16.3. The first-order valence-electron chi connectivity index (χ1n) is 47.7. The van der Waals surface area contributed by atoms with Gasteiger partial charge in [0.15, 0.2) is 0 Å². The Morgan fingerprint density at radius 1 is 0.371 bits per heavy atom. The van der Waals surface area contributed by atoms with Gasteiger partial charge in [-0.05, 0) is 156 Å². The molecule has 19 nitrogen and oxygen atoms in total. The van der Waals surface area contributed by atoms with E-state index in [2.05, 4.69) is 309 Å². The van der Waals surface area contributed by atoms with Crippen molar-refractivity contribution in [3.05, 3.63) is 306 Å². The number of nitro benzene ring substituents is 1. The fourth-order valence-electron chi connectivity index (χ4n) is 18.6. The van der Waals surface area contributed by atoms with Crippen LogP contribution >= 0.6 is 58.1 Å². The van der Waals surface area contributed by atoms with E-state index in [1.54, 1.807) is 58.0 Å². The zero-order valence-electron chi connectivity index (χ0n) is 84.9. The number of aryl methyl sites for hydroxylation is 6. The summed E-state index contributed by atoms with van der Waals surface area (Å²) >= 11 is -5.95. The van der Waals surface area contributed by atoms with Gasteiger partial charge in [0.1, 0.15) is 0 Å². The molecular weight excluding hydrogens is 2150 g/mol. The first kappa shape index (κ1) is 111. The topological polar surface area (TPSA) is 186 Å². The number of hydrogen-bond donors (Lipinski definition) is 2. The van der Waals surface area contributed by atoms with Gasteiger partial charge < -0.3 is 29.4 Å². The number of anilines is 9. The molecule has 4 amide bonds. The Kier molecular flexibility index (Phi) is 39.9. The molecule has 0 radical (unpaired) electrons. The van der Waals surface area contributed by atoms with Crippen molar-refractivity contribution in [2.45, 2.75) is 239 Å².